The van der Waals surface area contributed by atoms with Crippen LogP contribution >= 0.6 is 0 Å². The van der Waals surface area contributed by atoms with Crippen molar-refractivity contribution in [3.63, 3.8) is 0 Å². The Morgan fingerprint density at radius 3 is 2.13 bits per heavy atom. The number of aromatic nitrogens is 1. The molecule has 0 spiro atoms. The lowest BCUT2D eigenvalue weighted by Gasteiger charge is -2.03. The first-order valence-electron chi connectivity index (χ1n) is 7.48. The highest BCUT2D eigenvalue weighted by Gasteiger charge is 1.98. The Labute approximate surface area is 138 Å². The van der Waals surface area contributed by atoms with Crippen molar-refractivity contribution in [2.24, 2.45) is 0 Å². The van der Waals surface area contributed by atoms with Crippen molar-refractivity contribution in [2.45, 2.75) is 32.6 Å². The summed E-state index contributed by atoms with van der Waals surface area (Å²) >= 11 is 0. The monoisotopic (exact) mass is 315 g/mol. The van der Waals surface area contributed by atoms with Crippen molar-refractivity contribution in [3.05, 3.63) is 72.1 Å². The number of hydrogen-bond acceptors (Lipinski definition) is 1. The second-order valence-corrected chi connectivity index (χ2v) is 4.61. The number of unbranched alkanes of at least 4 members (excludes halogenated alkanes) is 2. The molecule has 1 aromatic heterocycles. The lowest BCUT2D eigenvalue weighted by atomic mass is 10.1. The van der Waals surface area contributed by atoms with Gasteiger partial charge in [0.15, 0.2) is 11.6 Å². The van der Waals surface area contributed by atoms with E-state index in [9.17, 15) is 8.78 Å². The Kier molecular flexibility index (Phi) is 11.8. The Balaban J connectivity index is 0.000000414. The molecule has 0 saturated carbocycles. The van der Waals surface area contributed by atoms with E-state index in [-0.39, 0.29) is 0 Å². The molecule has 0 bridgehead atoms. The Hall–Kier alpha value is -2.47. The van der Waals surface area contributed by atoms with Crippen LogP contribution in [0.4, 0.5) is 8.78 Å². The van der Waals surface area contributed by atoms with Gasteiger partial charge < -0.3 is 0 Å². The summed E-state index contributed by atoms with van der Waals surface area (Å²) < 4.78 is 23.9. The van der Waals surface area contributed by atoms with E-state index in [4.69, 9.17) is 0 Å². The first-order chi connectivity index (χ1) is 11.2. The van der Waals surface area contributed by atoms with E-state index in [0.29, 0.717) is 0 Å². The van der Waals surface area contributed by atoms with Crippen molar-refractivity contribution in [1.82, 2.24) is 4.98 Å². The fourth-order valence-corrected chi connectivity index (χ4v) is 1.83. The predicted molar refractivity (Wildman–Crippen MR) is 93.8 cm³/mol. The van der Waals surface area contributed by atoms with E-state index in [0.717, 1.165) is 18.6 Å². The molecular formula is C20H23F2N. The molecule has 2 aromatic rings. The van der Waals surface area contributed by atoms with Crippen molar-refractivity contribution in [3.8, 4) is 12.8 Å². The quantitative estimate of drug-likeness (QED) is 0.511. The van der Waals surface area contributed by atoms with Gasteiger partial charge >= 0.3 is 0 Å². The summed E-state index contributed by atoms with van der Waals surface area (Å²) in [6.07, 6.45) is 16.6. The van der Waals surface area contributed by atoms with E-state index >= 15 is 0 Å². The van der Waals surface area contributed by atoms with E-state index in [2.05, 4.69) is 37.4 Å². The highest BCUT2D eigenvalue weighted by molar-refractivity contribution is 5.49. The van der Waals surface area contributed by atoms with Gasteiger partial charge in [0, 0.05) is 11.9 Å². The van der Waals surface area contributed by atoms with Crippen LogP contribution in [-0.2, 0) is 6.42 Å². The molecule has 23 heavy (non-hydrogen) atoms. The molecule has 0 aliphatic rings. The van der Waals surface area contributed by atoms with E-state index < -0.39 is 11.6 Å². The molecule has 0 atom stereocenters. The fourth-order valence-electron chi connectivity index (χ4n) is 1.83. The number of terminal acetylenes is 1. The zero-order valence-electron chi connectivity index (χ0n) is 13.5. The van der Waals surface area contributed by atoms with E-state index in [1.165, 1.54) is 42.7 Å². The third-order valence-corrected chi connectivity index (χ3v) is 2.99. The molecule has 0 saturated heterocycles. The maximum Gasteiger partial charge on any atom is 0.158 e. The van der Waals surface area contributed by atoms with Gasteiger partial charge in [0.05, 0.1) is 0 Å². The Morgan fingerprint density at radius 2 is 1.65 bits per heavy atom. The van der Waals surface area contributed by atoms with Crippen LogP contribution in [-0.4, -0.2) is 4.98 Å². The van der Waals surface area contributed by atoms with E-state index in [1.54, 1.807) is 0 Å². The number of halogens is 2. The van der Waals surface area contributed by atoms with Crippen LogP contribution < -0.4 is 0 Å². The molecule has 0 radical (unpaired) electrons. The molecule has 0 amide bonds. The van der Waals surface area contributed by atoms with Crippen LogP contribution in [0.2, 0.25) is 0 Å². The lowest BCUT2D eigenvalue weighted by Crippen LogP contribution is -1.93. The predicted octanol–water partition coefficient (Wildman–Crippen LogP) is 5.67. The highest BCUT2D eigenvalue weighted by Crippen LogP contribution is 2.10. The first-order valence-corrected chi connectivity index (χ1v) is 7.48. The van der Waals surface area contributed by atoms with Crippen LogP contribution in [0.1, 0.15) is 37.4 Å². The third kappa shape index (κ3) is 8.53. The molecule has 1 heterocycles. The summed E-state index contributed by atoms with van der Waals surface area (Å²) in [6.45, 7) is 5.99. The van der Waals surface area contributed by atoms with Gasteiger partial charge in [-0.1, -0.05) is 50.6 Å². The van der Waals surface area contributed by atoms with Gasteiger partial charge in [-0.25, -0.2) is 8.78 Å². The van der Waals surface area contributed by atoms with Crippen molar-refractivity contribution >= 4 is 6.08 Å². The average molecular weight is 315 g/mol. The largest absolute Gasteiger partial charge is 0.261 e. The summed E-state index contributed by atoms with van der Waals surface area (Å²) in [4.78, 5) is 4.35. The van der Waals surface area contributed by atoms with Gasteiger partial charge in [0.2, 0.25) is 0 Å². The number of benzene rings is 1. The van der Waals surface area contributed by atoms with Gasteiger partial charge in [0.1, 0.15) is 0 Å². The Bertz CT molecular complexity index is 570. The molecule has 2 rings (SSSR count). The lowest BCUT2D eigenvalue weighted by molar-refractivity contribution is 0.508. The number of nitrogens with zero attached hydrogens (tertiary/aromatic N) is 1. The molecular weight excluding hydrogens is 292 g/mol. The molecule has 122 valence electrons. The van der Waals surface area contributed by atoms with Gasteiger partial charge in [-0.15, -0.1) is 12.8 Å². The summed E-state index contributed by atoms with van der Waals surface area (Å²) in [5, 5.41) is 0. The van der Waals surface area contributed by atoms with Gasteiger partial charge in [0.25, 0.3) is 0 Å². The van der Waals surface area contributed by atoms with Crippen LogP contribution in [0.3, 0.4) is 0 Å². The minimum atomic E-state index is -0.799. The minimum Gasteiger partial charge on any atom is -0.261 e. The van der Waals surface area contributed by atoms with Crippen molar-refractivity contribution < 1.29 is 8.78 Å². The standard InChI is InChI=1S/C12H17N.C6H4F2.C2H2/c1-3-5-6-9-12-11(4-2)8-7-10-13-12;7-5-3-1-2-4-6(5)8;1-2/h4,7-8,10H,2-3,5-6,9H2,1H3;1-4H;1-2H. The summed E-state index contributed by atoms with van der Waals surface area (Å²) in [7, 11) is 0. The Morgan fingerprint density at radius 1 is 1.04 bits per heavy atom. The highest BCUT2D eigenvalue weighted by atomic mass is 19.2. The van der Waals surface area contributed by atoms with E-state index in [1.807, 2.05) is 18.3 Å². The molecule has 0 aliphatic carbocycles. The number of hydrogen-bond donors (Lipinski definition) is 0. The molecule has 3 heteroatoms. The number of aryl methyl sites for hydroxylation is 1. The summed E-state index contributed by atoms with van der Waals surface area (Å²) in [5.41, 5.74) is 2.37. The molecule has 0 N–H and O–H groups in total. The topological polar surface area (TPSA) is 12.9 Å². The first kappa shape index (κ1) is 20.5. The zero-order chi connectivity index (χ0) is 17.5. The second-order valence-electron chi connectivity index (χ2n) is 4.61. The third-order valence-electron chi connectivity index (χ3n) is 2.99. The number of rotatable bonds is 5. The van der Waals surface area contributed by atoms with Crippen molar-refractivity contribution in [1.29, 1.82) is 0 Å². The normalized spacial score (nSPS) is 8.91. The maximum absolute atomic E-state index is 11.9. The fraction of sp³-hybridized carbons (Fsp3) is 0.250. The summed E-state index contributed by atoms with van der Waals surface area (Å²) in [5.74, 6) is -1.60. The molecule has 1 aromatic carbocycles. The second kappa shape index (κ2) is 13.2. The van der Waals surface area contributed by atoms with Gasteiger partial charge in [-0.2, -0.15) is 0 Å². The average Bonchev–Trinajstić information content (AvgIpc) is 2.60. The van der Waals surface area contributed by atoms with Gasteiger partial charge in [-0.3, -0.25) is 4.98 Å². The van der Waals surface area contributed by atoms with Crippen molar-refractivity contribution in [2.75, 3.05) is 0 Å². The maximum atomic E-state index is 11.9. The summed E-state index contributed by atoms with van der Waals surface area (Å²) in [6, 6.07) is 9.07. The zero-order valence-corrected chi connectivity index (χ0v) is 13.5. The smallest absolute Gasteiger partial charge is 0.158 e. The van der Waals surface area contributed by atoms with Crippen LogP contribution in [0.25, 0.3) is 6.08 Å². The van der Waals surface area contributed by atoms with Crippen LogP contribution in [0.5, 0.6) is 0 Å². The van der Waals surface area contributed by atoms with Crippen LogP contribution in [0, 0.1) is 24.5 Å². The van der Waals surface area contributed by atoms with Crippen LogP contribution in [0.15, 0.2) is 49.2 Å². The molecule has 0 aliphatic heterocycles. The minimum absolute atomic E-state index is 0.799. The molecule has 1 nitrogen and oxygen atoms in total. The molecule has 0 fully saturated rings. The van der Waals surface area contributed by atoms with Gasteiger partial charge in [-0.05, 0) is 36.6 Å². The molecule has 0 unspecified atom stereocenters. The number of pyridine rings is 1. The SMILES string of the molecule is C#C.C=Cc1cccnc1CCCCC.Fc1ccccc1F.